The van der Waals surface area contributed by atoms with Gasteiger partial charge in [0.15, 0.2) is 0 Å². The van der Waals surface area contributed by atoms with Crippen LogP contribution in [0.15, 0.2) is 12.8 Å². The molecule has 0 saturated carbocycles. The highest BCUT2D eigenvalue weighted by Crippen LogP contribution is 2.29. The van der Waals surface area contributed by atoms with Crippen molar-refractivity contribution in [2.24, 2.45) is 0 Å². The summed E-state index contributed by atoms with van der Waals surface area (Å²) in [5, 5.41) is 9.68. The summed E-state index contributed by atoms with van der Waals surface area (Å²) in [6.45, 7) is 5.43. The number of thiol groups is 1. The summed E-state index contributed by atoms with van der Waals surface area (Å²) in [6, 6.07) is 0. The molecule has 70 valence electrons. The molecule has 1 N–H and O–H groups in total. The van der Waals surface area contributed by atoms with E-state index in [0.717, 1.165) is 11.1 Å². The van der Waals surface area contributed by atoms with Crippen LogP contribution < -0.4 is 0 Å². The molecule has 1 aromatic rings. The molecule has 1 aromatic heterocycles. The number of nitrogens with zero attached hydrogens (tertiary/aromatic N) is 1. The third kappa shape index (κ3) is 2.19. The van der Waals surface area contributed by atoms with Gasteiger partial charge in [-0.2, -0.15) is 0 Å². The van der Waals surface area contributed by atoms with Crippen LogP contribution in [0.2, 0.25) is 0 Å². The Hall–Kier alpha value is -0.610. The van der Waals surface area contributed by atoms with E-state index in [-0.39, 0.29) is 5.75 Å². The molecule has 0 atom stereocenters. The molecule has 0 aliphatic rings. The minimum Gasteiger partial charge on any atom is -0.506 e. The van der Waals surface area contributed by atoms with Crippen molar-refractivity contribution in [3.05, 3.63) is 29.6 Å². The Kier molecular flexibility index (Phi) is 3.69. The Morgan fingerprint density at radius 2 is 2.46 bits per heavy atom. The highest BCUT2D eigenvalue weighted by atomic mass is 33.1. The second kappa shape index (κ2) is 4.58. The van der Waals surface area contributed by atoms with Gasteiger partial charge in [-0.1, -0.05) is 23.4 Å². The van der Waals surface area contributed by atoms with E-state index < -0.39 is 0 Å². The Morgan fingerprint density at radius 3 is 3.00 bits per heavy atom. The van der Waals surface area contributed by atoms with Crippen molar-refractivity contribution in [2.75, 3.05) is 0 Å². The molecule has 0 aromatic carbocycles. The molecule has 0 unspecified atom stereocenters. The fourth-order valence-electron chi connectivity index (χ4n) is 1.05. The predicted octanol–water partition coefficient (Wildman–Crippen LogP) is 2.82. The first-order valence-electron chi connectivity index (χ1n) is 3.77. The fourth-order valence-corrected chi connectivity index (χ4v) is 1.87. The van der Waals surface area contributed by atoms with E-state index in [1.165, 1.54) is 10.8 Å². The maximum atomic E-state index is 9.68. The number of hydrogen-bond donors (Lipinski definition) is 2. The third-order valence-electron chi connectivity index (χ3n) is 1.80. The summed E-state index contributed by atoms with van der Waals surface area (Å²) in [7, 11) is 1.37. The highest BCUT2D eigenvalue weighted by Gasteiger charge is 2.08. The Bertz CT molecular complexity index is 326. The predicted molar refractivity (Wildman–Crippen MR) is 61.0 cm³/mol. The summed E-state index contributed by atoms with van der Waals surface area (Å²) >= 11 is 4.05. The van der Waals surface area contributed by atoms with E-state index in [1.54, 1.807) is 19.2 Å². The van der Waals surface area contributed by atoms with Gasteiger partial charge in [0.2, 0.25) is 0 Å². The number of aryl methyl sites for hydroxylation is 1. The lowest BCUT2D eigenvalue weighted by molar-refractivity contribution is 0.462. The standard InChI is InChI=1S/C9H11NOS2/c1-3-7-4-10-6(2)9(11)8(7)5-13-12/h3-4,11-12H,1,5H2,2H3. The van der Waals surface area contributed by atoms with Crippen LogP contribution in [-0.4, -0.2) is 10.1 Å². The lowest BCUT2D eigenvalue weighted by atomic mass is 10.1. The van der Waals surface area contributed by atoms with Gasteiger partial charge in [0.1, 0.15) is 5.75 Å². The average Bonchev–Trinajstić information content (AvgIpc) is 2.14. The lowest BCUT2D eigenvalue weighted by Crippen LogP contribution is -1.92. The second-order valence-corrected chi connectivity index (χ2v) is 3.93. The Balaban J connectivity index is 3.23. The molecular weight excluding hydrogens is 202 g/mol. The van der Waals surface area contributed by atoms with Gasteiger partial charge in [0.05, 0.1) is 5.69 Å². The first kappa shape index (κ1) is 10.5. The zero-order chi connectivity index (χ0) is 9.84. The smallest absolute Gasteiger partial charge is 0.141 e. The molecule has 1 heterocycles. The Labute approximate surface area is 86.9 Å². The van der Waals surface area contributed by atoms with Crippen LogP contribution in [0.1, 0.15) is 16.8 Å². The van der Waals surface area contributed by atoms with Crippen LogP contribution in [0, 0.1) is 6.92 Å². The van der Waals surface area contributed by atoms with Crippen molar-refractivity contribution < 1.29 is 5.11 Å². The van der Waals surface area contributed by atoms with Gasteiger partial charge < -0.3 is 5.11 Å². The number of aromatic hydroxyl groups is 1. The maximum Gasteiger partial charge on any atom is 0.141 e. The number of rotatable bonds is 3. The van der Waals surface area contributed by atoms with Crippen LogP contribution in [-0.2, 0) is 5.75 Å². The largest absolute Gasteiger partial charge is 0.506 e. The van der Waals surface area contributed by atoms with E-state index in [9.17, 15) is 5.11 Å². The van der Waals surface area contributed by atoms with E-state index in [4.69, 9.17) is 0 Å². The molecule has 0 aliphatic heterocycles. The number of pyridine rings is 1. The molecule has 0 bridgehead atoms. The molecule has 0 fully saturated rings. The third-order valence-corrected chi connectivity index (χ3v) is 2.61. The van der Waals surface area contributed by atoms with E-state index in [0.29, 0.717) is 11.4 Å². The first-order chi connectivity index (χ1) is 6.20. The summed E-state index contributed by atoms with van der Waals surface area (Å²) < 4.78 is 0. The highest BCUT2D eigenvalue weighted by molar-refractivity contribution is 8.68. The molecule has 13 heavy (non-hydrogen) atoms. The summed E-state index contributed by atoms with van der Waals surface area (Å²) in [6.07, 6.45) is 3.40. The second-order valence-electron chi connectivity index (χ2n) is 2.60. The lowest BCUT2D eigenvalue weighted by Gasteiger charge is -2.08. The van der Waals surface area contributed by atoms with Gasteiger partial charge in [-0.05, 0) is 12.5 Å². The summed E-state index contributed by atoms with van der Waals surface area (Å²) in [5.41, 5.74) is 2.36. The zero-order valence-corrected chi connectivity index (χ0v) is 9.03. The topological polar surface area (TPSA) is 33.1 Å². The minimum atomic E-state index is 0.249. The molecule has 0 aliphatic carbocycles. The average molecular weight is 213 g/mol. The number of aromatic nitrogens is 1. The molecule has 1 rings (SSSR count). The van der Waals surface area contributed by atoms with Crippen molar-refractivity contribution in [3.63, 3.8) is 0 Å². The van der Waals surface area contributed by atoms with E-state index in [1.807, 2.05) is 0 Å². The molecule has 0 amide bonds. The van der Waals surface area contributed by atoms with Gasteiger partial charge in [-0.15, -0.1) is 11.7 Å². The zero-order valence-electron chi connectivity index (χ0n) is 7.32. The van der Waals surface area contributed by atoms with Gasteiger partial charge >= 0.3 is 0 Å². The van der Waals surface area contributed by atoms with Crippen molar-refractivity contribution >= 4 is 28.5 Å². The molecule has 0 spiro atoms. The molecule has 2 nitrogen and oxygen atoms in total. The van der Waals surface area contributed by atoms with Crippen LogP contribution >= 0.6 is 22.5 Å². The fraction of sp³-hybridized carbons (Fsp3) is 0.222. The Morgan fingerprint density at radius 1 is 1.77 bits per heavy atom. The molecule has 0 radical (unpaired) electrons. The van der Waals surface area contributed by atoms with E-state index >= 15 is 0 Å². The molecular formula is C9H11NOS2. The molecule has 4 heteroatoms. The van der Waals surface area contributed by atoms with Crippen LogP contribution in [0.5, 0.6) is 5.75 Å². The molecule has 0 saturated heterocycles. The van der Waals surface area contributed by atoms with Gasteiger partial charge in [0, 0.05) is 17.5 Å². The normalized spacial score (nSPS) is 10.0. The quantitative estimate of drug-likeness (QED) is 0.598. The van der Waals surface area contributed by atoms with E-state index in [2.05, 4.69) is 23.2 Å². The van der Waals surface area contributed by atoms with Crippen LogP contribution in [0.3, 0.4) is 0 Å². The SMILES string of the molecule is C=Cc1cnc(C)c(O)c1CSS. The van der Waals surface area contributed by atoms with Crippen LogP contribution in [0.25, 0.3) is 6.08 Å². The summed E-state index contributed by atoms with van der Waals surface area (Å²) in [5.74, 6) is 0.901. The van der Waals surface area contributed by atoms with Crippen molar-refractivity contribution in [1.82, 2.24) is 4.98 Å². The van der Waals surface area contributed by atoms with Gasteiger partial charge in [0.25, 0.3) is 0 Å². The van der Waals surface area contributed by atoms with Gasteiger partial charge in [-0.3, -0.25) is 4.98 Å². The van der Waals surface area contributed by atoms with Crippen LogP contribution in [0.4, 0.5) is 0 Å². The monoisotopic (exact) mass is 213 g/mol. The maximum absolute atomic E-state index is 9.68. The number of hydrogen-bond acceptors (Lipinski definition) is 4. The van der Waals surface area contributed by atoms with Crippen molar-refractivity contribution in [1.29, 1.82) is 0 Å². The summed E-state index contributed by atoms with van der Waals surface area (Å²) in [4.78, 5) is 4.04. The van der Waals surface area contributed by atoms with Gasteiger partial charge in [-0.25, -0.2) is 0 Å². The minimum absolute atomic E-state index is 0.249. The van der Waals surface area contributed by atoms with Crippen molar-refractivity contribution in [3.8, 4) is 5.75 Å². The van der Waals surface area contributed by atoms with Crippen molar-refractivity contribution in [2.45, 2.75) is 12.7 Å². The first-order valence-corrected chi connectivity index (χ1v) is 5.80.